The van der Waals surface area contributed by atoms with Crippen molar-refractivity contribution in [2.24, 2.45) is 0 Å². The van der Waals surface area contributed by atoms with Crippen LogP contribution in [0.1, 0.15) is 25.3 Å². The lowest BCUT2D eigenvalue weighted by Crippen LogP contribution is -2.34. The summed E-state index contributed by atoms with van der Waals surface area (Å²) in [4.78, 5) is 14.9. The highest BCUT2D eigenvalue weighted by Crippen LogP contribution is 2.32. The summed E-state index contributed by atoms with van der Waals surface area (Å²) in [6.45, 7) is 3.42. The van der Waals surface area contributed by atoms with E-state index in [9.17, 15) is 4.79 Å². The highest BCUT2D eigenvalue weighted by atomic mass is 16.5. The lowest BCUT2D eigenvalue weighted by molar-refractivity contribution is -0.117. The number of methoxy groups -OCH3 is 2. The van der Waals surface area contributed by atoms with Crippen LogP contribution in [0.15, 0.2) is 42.5 Å². The third-order valence-corrected chi connectivity index (χ3v) is 4.73. The third kappa shape index (κ3) is 5.16. The molecule has 0 aliphatic heterocycles. The molecule has 1 N–H and O–H groups in total. The Morgan fingerprint density at radius 2 is 1.89 bits per heavy atom. The summed E-state index contributed by atoms with van der Waals surface area (Å²) < 4.78 is 16.4. The Labute approximate surface area is 166 Å². The number of ether oxygens (including phenoxy) is 3. The molecule has 0 heterocycles. The van der Waals surface area contributed by atoms with E-state index in [-0.39, 0.29) is 5.91 Å². The Morgan fingerprint density at radius 1 is 1.11 bits per heavy atom. The van der Waals surface area contributed by atoms with E-state index in [1.54, 1.807) is 14.2 Å². The van der Waals surface area contributed by atoms with Crippen molar-refractivity contribution < 1.29 is 19.0 Å². The van der Waals surface area contributed by atoms with Crippen LogP contribution in [0.4, 0.5) is 5.69 Å². The molecule has 1 aliphatic rings. The number of carbonyl (C=O) groups excluding carboxylic acids is 1. The maximum atomic E-state index is 12.7. The first-order valence-electron chi connectivity index (χ1n) is 9.61. The number of para-hydroxylation sites is 2. The molecule has 150 valence electrons. The molecule has 1 fully saturated rings. The van der Waals surface area contributed by atoms with E-state index in [0.717, 1.165) is 29.9 Å². The fraction of sp³-hybridized carbons (Fsp3) is 0.409. The van der Waals surface area contributed by atoms with Crippen LogP contribution in [0.25, 0.3) is 0 Å². The third-order valence-electron chi connectivity index (χ3n) is 4.73. The van der Waals surface area contributed by atoms with Gasteiger partial charge >= 0.3 is 0 Å². The molecule has 0 atom stereocenters. The standard InChI is InChI=1S/C22H28N2O4/c1-4-28-21-8-6-5-7-19(21)23-22(25)15-24(17-9-10-17)14-16-13-18(26-2)11-12-20(16)27-3/h5-8,11-13,17H,4,9-10,14-15H2,1-3H3,(H,23,25). The Hall–Kier alpha value is -2.73. The predicted molar refractivity (Wildman–Crippen MR) is 109 cm³/mol. The summed E-state index contributed by atoms with van der Waals surface area (Å²) in [6, 6.07) is 13.7. The molecular weight excluding hydrogens is 356 g/mol. The maximum absolute atomic E-state index is 12.7. The van der Waals surface area contributed by atoms with Crippen LogP contribution in [-0.4, -0.2) is 44.2 Å². The number of hydrogen-bond donors (Lipinski definition) is 1. The molecule has 1 saturated carbocycles. The molecular formula is C22H28N2O4. The number of anilines is 1. The van der Waals surface area contributed by atoms with Crippen LogP contribution < -0.4 is 19.5 Å². The maximum Gasteiger partial charge on any atom is 0.238 e. The summed E-state index contributed by atoms with van der Waals surface area (Å²) in [5.74, 6) is 2.21. The van der Waals surface area contributed by atoms with Gasteiger partial charge in [-0.1, -0.05) is 12.1 Å². The zero-order valence-electron chi connectivity index (χ0n) is 16.7. The lowest BCUT2D eigenvalue weighted by Gasteiger charge is -2.23. The van der Waals surface area contributed by atoms with Gasteiger partial charge in [0, 0.05) is 18.2 Å². The van der Waals surface area contributed by atoms with Gasteiger partial charge in [0.1, 0.15) is 17.2 Å². The van der Waals surface area contributed by atoms with Gasteiger partial charge in [0.05, 0.1) is 33.1 Å². The lowest BCUT2D eigenvalue weighted by atomic mass is 10.1. The molecule has 0 aromatic heterocycles. The molecule has 0 saturated heterocycles. The first-order valence-corrected chi connectivity index (χ1v) is 9.61. The fourth-order valence-corrected chi connectivity index (χ4v) is 3.20. The molecule has 6 nitrogen and oxygen atoms in total. The highest BCUT2D eigenvalue weighted by molar-refractivity contribution is 5.93. The minimum atomic E-state index is -0.0547. The number of carbonyl (C=O) groups is 1. The van der Waals surface area contributed by atoms with Crippen molar-refractivity contribution in [3.8, 4) is 17.2 Å². The molecule has 28 heavy (non-hydrogen) atoms. The summed E-state index contributed by atoms with van der Waals surface area (Å²) in [5.41, 5.74) is 1.71. The predicted octanol–water partition coefficient (Wildman–Crippen LogP) is 3.71. The number of nitrogens with zero attached hydrogens (tertiary/aromatic N) is 1. The molecule has 1 amide bonds. The molecule has 0 spiro atoms. The molecule has 0 radical (unpaired) electrons. The van der Waals surface area contributed by atoms with Crippen molar-refractivity contribution in [3.63, 3.8) is 0 Å². The Bertz CT molecular complexity index is 805. The van der Waals surface area contributed by atoms with E-state index >= 15 is 0 Å². The summed E-state index contributed by atoms with van der Waals surface area (Å²) in [6.07, 6.45) is 2.21. The molecule has 0 unspecified atom stereocenters. The average molecular weight is 384 g/mol. The molecule has 0 bridgehead atoms. The summed E-state index contributed by atoms with van der Waals surface area (Å²) >= 11 is 0. The topological polar surface area (TPSA) is 60.0 Å². The summed E-state index contributed by atoms with van der Waals surface area (Å²) in [5, 5.41) is 2.98. The van der Waals surface area contributed by atoms with E-state index in [0.29, 0.717) is 37.2 Å². The van der Waals surface area contributed by atoms with Crippen molar-refractivity contribution in [2.45, 2.75) is 32.4 Å². The van der Waals surface area contributed by atoms with Crippen LogP contribution in [0.3, 0.4) is 0 Å². The molecule has 2 aromatic rings. The van der Waals surface area contributed by atoms with Crippen molar-refractivity contribution in [1.29, 1.82) is 0 Å². The van der Waals surface area contributed by atoms with Gasteiger partial charge in [-0.05, 0) is 50.1 Å². The number of rotatable bonds is 10. The van der Waals surface area contributed by atoms with E-state index in [4.69, 9.17) is 14.2 Å². The van der Waals surface area contributed by atoms with Gasteiger partial charge in [0.25, 0.3) is 0 Å². The SMILES string of the molecule is CCOc1ccccc1NC(=O)CN(Cc1cc(OC)ccc1OC)C1CC1. The number of nitrogens with one attached hydrogen (secondary N) is 1. The zero-order chi connectivity index (χ0) is 19.9. The Balaban J connectivity index is 1.70. The number of hydrogen-bond acceptors (Lipinski definition) is 5. The average Bonchev–Trinajstić information content (AvgIpc) is 3.54. The number of amides is 1. The smallest absolute Gasteiger partial charge is 0.238 e. The second-order valence-corrected chi connectivity index (χ2v) is 6.79. The Kier molecular flexibility index (Phi) is 6.76. The van der Waals surface area contributed by atoms with E-state index in [2.05, 4.69) is 10.2 Å². The minimum absolute atomic E-state index is 0.0547. The number of benzene rings is 2. The highest BCUT2D eigenvalue weighted by Gasteiger charge is 2.31. The van der Waals surface area contributed by atoms with Crippen LogP contribution in [0.5, 0.6) is 17.2 Å². The van der Waals surface area contributed by atoms with Gasteiger partial charge in [-0.25, -0.2) is 0 Å². The quantitative estimate of drug-likeness (QED) is 0.677. The zero-order valence-corrected chi connectivity index (χ0v) is 16.7. The monoisotopic (exact) mass is 384 g/mol. The van der Waals surface area contributed by atoms with Crippen molar-refractivity contribution in [3.05, 3.63) is 48.0 Å². The van der Waals surface area contributed by atoms with Crippen LogP contribution >= 0.6 is 0 Å². The van der Waals surface area contributed by atoms with Gasteiger partial charge in [-0.2, -0.15) is 0 Å². The largest absolute Gasteiger partial charge is 0.497 e. The van der Waals surface area contributed by atoms with Crippen molar-refractivity contribution in [1.82, 2.24) is 4.90 Å². The van der Waals surface area contributed by atoms with Crippen LogP contribution in [-0.2, 0) is 11.3 Å². The fourth-order valence-electron chi connectivity index (χ4n) is 3.20. The van der Waals surface area contributed by atoms with Crippen LogP contribution in [0, 0.1) is 0 Å². The molecule has 3 rings (SSSR count). The van der Waals surface area contributed by atoms with Crippen molar-refractivity contribution in [2.75, 3.05) is 32.7 Å². The first kappa shape index (κ1) is 20.0. The van der Waals surface area contributed by atoms with Gasteiger partial charge in [0.2, 0.25) is 5.91 Å². The molecule has 2 aromatic carbocycles. The van der Waals surface area contributed by atoms with E-state index in [1.165, 1.54) is 0 Å². The second kappa shape index (κ2) is 9.46. The summed E-state index contributed by atoms with van der Waals surface area (Å²) in [7, 11) is 3.30. The van der Waals surface area contributed by atoms with E-state index in [1.807, 2.05) is 49.4 Å². The van der Waals surface area contributed by atoms with Gasteiger partial charge in [0.15, 0.2) is 0 Å². The molecule has 6 heteroatoms. The normalized spacial score (nSPS) is 13.3. The first-order chi connectivity index (χ1) is 13.6. The minimum Gasteiger partial charge on any atom is -0.497 e. The van der Waals surface area contributed by atoms with Gasteiger partial charge in [-0.15, -0.1) is 0 Å². The second-order valence-electron chi connectivity index (χ2n) is 6.79. The Morgan fingerprint density at radius 3 is 2.57 bits per heavy atom. The van der Waals surface area contributed by atoms with Gasteiger partial charge < -0.3 is 19.5 Å². The molecule has 1 aliphatic carbocycles. The van der Waals surface area contributed by atoms with E-state index < -0.39 is 0 Å². The van der Waals surface area contributed by atoms with Crippen LogP contribution in [0.2, 0.25) is 0 Å². The van der Waals surface area contributed by atoms with Crippen molar-refractivity contribution >= 4 is 11.6 Å². The van der Waals surface area contributed by atoms with Gasteiger partial charge in [-0.3, -0.25) is 9.69 Å².